The van der Waals surface area contributed by atoms with Gasteiger partial charge in [-0.25, -0.2) is 0 Å². The van der Waals surface area contributed by atoms with Gasteiger partial charge in [0, 0.05) is 13.1 Å². The molecule has 2 amide bonds. The Hall–Kier alpha value is -1.73. The smallest absolute Gasteiger partial charge is 0.264 e. The van der Waals surface area contributed by atoms with Crippen molar-refractivity contribution in [3.05, 3.63) is 21.9 Å². The first kappa shape index (κ1) is 14.2. The summed E-state index contributed by atoms with van der Waals surface area (Å²) >= 11 is 1.20. The summed E-state index contributed by atoms with van der Waals surface area (Å²) in [5.74, 6) is -0.546. The number of rotatable bonds is 2. The van der Waals surface area contributed by atoms with Gasteiger partial charge in [-0.3, -0.25) is 14.4 Å². The van der Waals surface area contributed by atoms with Crippen molar-refractivity contribution in [2.45, 2.75) is 13.0 Å². The van der Waals surface area contributed by atoms with Crippen LogP contribution >= 0.6 is 11.3 Å². The van der Waals surface area contributed by atoms with Crippen LogP contribution in [0.4, 0.5) is 0 Å². The van der Waals surface area contributed by atoms with Crippen LogP contribution in [0.2, 0.25) is 0 Å². The zero-order valence-corrected chi connectivity index (χ0v) is 12.4. The molecule has 112 valence electrons. The van der Waals surface area contributed by atoms with Crippen LogP contribution in [0.5, 0.6) is 0 Å². The summed E-state index contributed by atoms with van der Waals surface area (Å²) in [4.78, 5) is 38.6. The third-order valence-electron chi connectivity index (χ3n) is 3.69. The summed E-state index contributed by atoms with van der Waals surface area (Å²) in [5.41, 5.74) is 0. The van der Waals surface area contributed by atoms with Gasteiger partial charge < -0.3 is 15.0 Å². The molecular formula is C14H16N2O4S. The molecule has 2 fully saturated rings. The highest BCUT2D eigenvalue weighted by atomic mass is 32.1. The van der Waals surface area contributed by atoms with Gasteiger partial charge in [-0.05, 0) is 19.1 Å². The van der Waals surface area contributed by atoms with E-state index >= 15 is 0 Å². The summed E-state index contributed by atoms with van der Waals surface area (Å²) in [6.07, 6.45) is 0. The van der Waals surface area contributed by atoms with E-state index in [0.29, 0.717) is 36.1 Å². The molecule has 7 heteroatoms. The maximum atomic E-state index is 12.6. The number of Topliss-reactive ketones (excluding diaryl/α,β-unsaturated/α-hetero) is 1. The van der Waals surface area contributed by atoms with Gasteiger partial charge in [0.15, 0.2) is 5.78 Å². The van der Waals surface area contributed by atoms with E-state index in [-0.39, 0.29) is 29.6 Å². The van der Waals surface area contributed by atoms with Crippen molar-refractivity contribution in [2.75, 3.05) is 26.3 Å². The second-order valence-electron chi connectivity index (χ2n) is 5.37. The first-order valence-electron chi connectivity index (χ1n) is 6.83. The Labute approximate surface area is 126 Å². The highest BCUT2D eigenvalue weighted by Gasteiger charge is 2.35. The molecule has 1 N–H and O–H groups in total. The largest absolute Gasteiger partial charge is 0.378 e. The van der Waals surface area contributed by atoms with Crippen LogP contribution in [0.3, 0.4) is 0 Å². The highest BCUT2D eigenvalue weighted by molar-refractivity contribution is 7.15. The minimum atomic E-state index is -0.325. The van der Waals surface area contributed by atoms with Gasteiger partial charge in [0.25, 0.3) is 5.91 Å². The highest BCUT2D eigenvalue weighted by Crippen LogP contribution is 2.21. The maximum absolute atomic E-state index is 12.6. The lowest BCUT2D eigenvalue weighted by Crippen LogP contribution is -2.44. The normalized spacial score (nSPS) is 25.2. The minimum Gasteiger partial charge on any atom is -0.378 e. The van der Waals surface area contributed by atoms with Crippen LogP contribution in [0.1, 0.15) is 26.3 Å². The van der Waals surface area contributed by atoms with Crippen LogP contribution in [-0.2, 0) is 9.53 Å². The van der Waals surface area contributed by atoms with Crippen molar-refractivity contribution >= 4 is 28.9 Å². The van der Waals surface area contributed by atoms with Gasteiger partial charge in [0.1, 0.15) is 0 Å². The number of nitrogens with zero attached hydrogens (tertiary/aromatic N) is 1. The number of amides is 2. The van der Waals surface area contributed by atoms with Crippen LogP contribution in [0, 0.1) is 5.92 Å². The second kappa shape index (κ2) is 5.57. The Morgan fingerprint density at radius 1 is 1.29 bits per heavy atom. The van der Waals surface area contributed by atoms with E-state index in [1.807, 2.05) is 0 Å². The molecule has 0 aromatic carbocycles. The molecule has 2 bridgehead atoms. The summed E-state index contributed by atoms with van der Waals surface area (Å²) in [6, 6.07) is 3.18. The first-order valence-corrected chi connectivity index (χ1v) is 7.64. The Balaban J connectivity index is 1.80. The number of thiophene rings is 1. The van der Waals surface area contributed by atoms with Gasteiger partial charge in [-0.15, -0.1) is 11.3 Å². The molecule has 6 nitrogen and oxygen atoms in total. The fourth-order valence-corrected chi connectivity index (χ4v) is 3.46. The molecule has 0 radical (unpaired) electrons. The van der Waals surface area contributed by atoms with Crippen LogP contribution < -0.4 is 5.32 Å². The SMILES string of the molecule is CC(=O)c1ccc(C(=O)N2C[C@H]3COC[C@@H](C2)C(=O)N3)s1. The number of ketones is 1. The van der Waals surface area contributed by atoms with E-state index in [2.05, 4.69) is 5.32 Å². The van der Waals surface area contributed by atoms with Crippen molar-refractivity contribution < 1.29 is 19.1 Å². The number of carbonyl (C=O) groups excluding carboxylic acids is 3. The predicted molar refractivity (Wildman–Crippen MR) is 76.5 cm³/mol. The van der Waals surface area contributed by atoms with Gasteiger partial charge in [0.05, 0.1) is 34.9 Å². The van der Waals surface area contributed by atoms with E-state index in [9.17, 15) is 14.4 Å². The Morgan fingerprint density at radius 2 is 2.05 bits per heavy atom. The lowest BCUT2D eigenvalue weighted by atomic mass is 10.1. The van der Waals surface area contributed by atoms with Gasteiger partial charge in [-0.1, -0.05) is 0 Å². The van der Waals surface area contributed by atoms with Crippen molar-refractivity contribution in [1.29, 1.82) is 0 Å². The molecule has 1 aromatic rings. The standard InChI is InChI=1S/C14H16N2O4S/c1-8(17)11-2-3-12(21-11)14(19)16-4-9-6-20-7-10(5-16)15-13(9)18/h2-3,9-10H,4-7H2,1H3,(H,15,18)/t9-,10+/m1/s1. The van der Waals surface area contributed by atoms with Crippen LogP contribution in [0.15, 0.2) is 12.1 Å². The topological polar surface area (TPSA) is 75.7 Å². The van der Waals surface area contributed by atoms with Crippen LogP contribution in [-0.4, -0.2) is 54.8 Å². The molecule has 0 aliphatic carbocycles. The summed E-state index contributed by atoms with van der Waals surface area (Å²) in [6.45, 7) is 3.05. The molecular weight excluding hydrogens is 292 g/mol. The van der Waals surface area contributed by atoms with Gasteiger partial charge in [-0.2, -0.15) is 0 Å². The number of nitrogens with one attached hydrogen (secondary N) is 1. The lowest BCUT2D eigenvalue weighted by Gasteiger charge is -2.27. The van der Waals surface area contributed by atoms with Crippen molar-refractivity contribution in [1.82, 2.24) is 10.2 Å². The molecule has 0 unspecified atom stereocenters. The number of hydrogen-bond donors (Lipinski definition) is 1. The molecule has 0 saturated carbocycles. The second-order valence-corrected chi connectivity index (χ2v) is 6.45. The number of ether oxygens (including phenoxy) is 1. The average Bonchev–Trinajstić information content (AvgIpc) is 2.78. The predicted octanol–water partition coefficient (Wildman–Crippen LogP) is 0.538. The zero-order chi connectivity index (χ0) is 15.0. The number of carbonyl (C=O) groups is 3. The minimum absolute atomic E-state index is 0.0444. The monoisotopic (exact) mass is 308 g/mol. The van der Waals surface area contributed by atoms with E-state index in [1.165, 1.54) is 18.3 Å². The molecule has 2 saturated heterocycles. The third-order valence-corrected chi connectivity index (χ3v) is 4.86. The summed E-state index contributed by atoms with van der Waals surface area (Å²) in [5, 5.41) is 2.89. The molecule has 1 aromatic heterocycles. The lowest BCUT2D eigenvalue weighted by molar-refractivity contribution is -0.125. The average molecular weight is 308 g/mol. The van der Waals surface area contributed by atoms with Crippen molar-refractivity contribution in [3.8, 4) is 0 Å². The zero-order valence-electron chi connectivity index (χ0n) is 11.6. The summed E-state index contributed by atoms with van der Waals surface area (Å²) < 4.78 is 5.44. The quantitative estimate of drug-likeness (QED) is 0.809. The molecule has 2 aliphatic rings. The Bertz CT molecular complexity index is 598. The summed E-state index contributed by atoms with van der Waals surface area (Å²) in [7, 11) is 0. The van der Waals surface area contributed by atoms with E-state index in [1.54, 1.807) is 17.0 Å². The Morgan fingerprint density at radius 3 is 2.76 bits per heavy atom. The van der Waals surface area contributed by atoms with Crippen molar-refractivity contribution in [3.63, 3.8) is 0 Å². The maximum Gasteiger partial charge on any atom is 0.264 e. The van der Waals surface area contributed by atoms with Crippen molar-refractivity contribution in [2.24, 2.45) is 5.92 Å². The van der Waals surface area contributed by atoms with Crippen LogP contribution in [0.25, 0.3) is 0 Å². The van der Waals surface area contributed by atoms with Gasteiger partial charge in [0.2, 0.25) is 5.91 Å². The number of fused-ring (bicyclic) bond motifs is 3. The van der Waals surface area contributed by atoms with E-state index in [4.69, 9.17) is 4.74 Å². The molecule has 0 spiro atoms. The number of hydrogen-bond acceptors (Lipinski definition) is 5. The first-order chi connectivity index (χ1) is 10.0. The molecule has 2 aliphatic heterocycles. The Kier molecular flexibility index (Phi) is 3.77. The fourth-order valence-electron chi connectivity index (χ4n) is 2.59. The fraction of sp³-hybridized carbons (Fsp3) is 0.500. The third kappa shape index (κ3) is 2.84. The molecule has 3 rings (SSSR count). The molecule has 3 heterocycles. The van der Waals surface area contributed by atoms with E-state index in [0.717, 1.165) is 0 Å². The molecule has 21 heavy (non-hydrogen) atoms. The van der Waals surface area contributed by atoms with Gasteiger partial charge >= 0.3 is 0 Å². The van der Waals surface area contributed by atoms with E-state index < -0.39 is 0 Å². The molecule has 2 atom stereocenters.